The molecule has 0 unspecified atom stereocenters. The number of hydrogen-bond acceptors (Lipinski definition) is 6. The maximum absolute atomic E-state index is 12.7. The van der Waals surface area contributed by atoms with Gasteiger partial charge in [0.1, 0.15) is 0 Å². The molecule has 116 valence electrons. The second kappa shape index (κ2) is 5.51. The van der Waals surface area contributed by atoms with Crippen LogP contribution in [0.4, 0.5) is 0 Å². The van der Waals surface area contributed by atoms with Gasteiger partial charge in [0, 0.05) is 10.4 Å². The molecule has 1 fully saturated rings. The van der Waals surface area contributed by atoms with E-state index in [1.54, 1.807) is 6.07 Å². The van der Waals surface area contributed by atoms with E-state index in [1.807, 2.05) is 0 Å². The third kappa shape index (κ3) is 3.22. The Labute approximate surface area is 135 Å². The van der Waals surface area contributed by atoms with E-state index in [9.17, 15) is 13.2 Å². The summed E-state index contributed by atoms with van der Waals surface area (Å²) in [5.41, 5.74) is 0.502. The maximum atomic E-state index is 12.7. The van der Waals surface area contributed by atoms with Crippen molar-refractivity contribution in [3.05, 3.63) is 45.8 Å². The number of benzene rings is 1. The van der Waals surface area contributed by atoms with Crippen molar-refractivity contribution in [3.8, 4) is 5.75 Å². The van der Waals surface area contributed by atoms with Gasteiger partial charge in [-0.05, 0) is 31.0 Å². The number of nitrogens with zero attached hydrogens (tertiary/aromatic N) is 1. The number of hydrogen-bond donors (Lipinski definition) is 0. The molecule has 0 atom stereocenters. The number of carbonyl (C=O) groups excluding carboxylic acids is 1. The van der Waals surface area contributed by atoms with Gasteiger partial charge in [0.25, 0.3) is 0 Å². The molecule has 1 aromatic carbocycles. The molecule has 0 amide bonds. The Hall–Kier alpha value is -1.67. The molecule has 0 spiro atoms. The van der Waals surface area contributed by atoms with Crippen molar-refractivity contribution in [1.82, 2.24) is 5.16 Å². The van der Waals surface area contributed by atoms with E-state index in [0.717, 1.165) is 19.1 Å². The van der Waals surface area contributed by atoms with Gasteiger partial charge in [0.05, 0.1) is 23.6 Å². The lowest BCUT2D eigenvalue weighted by molar-refractivity contribution is 0.103. The molecule has 0 bridgehead atoms. The summed E-state index contributed by atoms with van der Waals surface area (Å²) in [6, 6.07) is 4.60. The smallest absolute Gasteiger partial charge is 0.306 e. The van der Waals surface area contributed by atoms with Crippen LogP contribution in [0, 0.1) is 0 Å². The molecule has 0 radical (unpaired) electrons. The first kappa shape index (κ1) is 15.2. The van der Waals surface area contributed by atoms with Crippen molar-refractivity contribution >= 4 is 31.8 Å². The van der Waals surface area contributed by atoms with Gasteiger partial charge in [0.2, 0.25) is 5.78 Å². The largest absolute Gasteiger partial charge is 0.382 e. The predicted octanol–water partition coefficient (Wildman–Crippen LogP) is 2.88. The maximum Gasteiger partial charge on any atom is 0.306 e. The van der Waals surface area contributed by atoms with Gasteiger partial charge in [0.15, 0.2) is 11.5 Å². The highest BCUT2D eigenvalue weighted by Gasteiger charge is 2.33. The zero-order valence-corrected chi connectivity index (χ0v) is 14.0. The molecule has 1 aliphatic rings. The Morgan fingerprint density at radius 2 is 2.09 bits per heavy atom. The molecule has 3 rings (SSSR count). The summed E-state index contributed by atoms with van der Waals surface area (Å²) in [7, 11) is -3.74. The molecule has 1 heterocycles. The van der Waals surface area contributed by atoms with Crippen LogP contribution in [0.15, 0.2) is 33.4 Å². The minimum absolute atomic E-state index is 0.0233. The van der Waals surface area contributed by atoms with Gasteiger partial charge in [-0.2, -0.15) is 8.42 Å². The summed E-state index contributed by atoms with van der Waals surface area (Å²) in [4.78, 5) is 12.7. The first-order valence-electron chi connectivity index (χ1n) is 6.53. The lowest BCUT2D eigenvalue weighted by Gasteiger charge is -2.09. The highest BCUT2D eigenvalue weighted by molar-refractivity contribution is 9.10. The quantitative estimate of drug-likeness (QED) is 0.580. The molecule has 1 aromatic heterocycles. The summed E-state index contributed by atoms with van der Waals surface area (Å²) < 4.78 is 33.4. The molecule has 6 nitrogen and oxygen atoms in total. The van der Waals surface area contributed by atoms with E-state index in [4.69, 9.17) is 8.71 Å². The van der Waals surface area contributed by atoms with Gasteiger partial charge in [-0.1, -0.05) is 21.1 Å². The summed E-state index contributed by atoms with van der Waals surface area (Å²) in [6.07, 6.45) is 4.21. The Kier molecular flexibility index (Phi) is 3.82. The second-order valence-corrected chi connectivity index (χ2v) is 7.63. The van der Waals surface area contributed by atoms with Crippen molar-refractivity contribution in [2.45, 2.75) is 18.8 Å². The molecule has 1 saturated carbocycles. The van der Waals surface area contributed by atoms with E-state index in [-0.39, 0.29) is 23.0 Å². The number of aromatic nitrogens is 1. The minimum Gasteiger partial charge on any atom is -0.382 e. The standard InChI is InChI=1S/C14H12BrNO5S/c1-22(18,19)21-12-6-9(15)4-5-10(12)13(17)11-7-16-20-14(11)8-2-3-8/h4-8H,2-3H2,1H3. The van der Waals surface area contributed by atoms with E-state index >= 15 is 0 Å². The SMILES string of the molecule is CS(=O)(=O)Oc1cc(Br)ccc1C(=O)c1cnoc1C1CC1. The van der Waals surface area contributed by atoms with Gasteiger partial charge < -0.3 is 8.71 Å². The van der Waals surface area contributed by atoms with Crippen molar-refractivity contribution in [2.75, 3.05) is 6.26 Å². The third-order valence-corrected chi connectivity index (χ3v) is 4.20. The first-order chi connectivity index (χ1) is 10.3. The molecule has 1 aliphatic carbocycles. The highest BCUT2D eigenvalue weighted by atomic mass is 79.9. The third-order valence-electron chi connectivity index (χ3n) is 3.22. The monoisotopic (exact) mass is 385 g/mol. The summed E-state index contributed by atoms with van der Waals surface area (Å²) in [5, 5.41) is 3.69. The number of rotatable bonds is 5. The van der Waals surface area contributed by atoms with Crippen LogP contribution >= 0.6 is 15.9 Å². The summed E-state index contributed by atoms with van der Waals surface area (Å²) in [5.74, 6) is 0.383. The van der Waals surface area contributed by atoms with Gasteiger partial charge in [-0.15, -0.1) is 0 Å². The average Bonchev–Trinajstić information content (AvgIpc) is 3.14. The van der Waals surface area contributed by atoms with Crippen LogP contribution in [0.3, 0.4) is 0 Å². The van der Waals surface area contributed by atoms with Crippen LogP contribution in [-0.4, -0.2) is 25.6 Å². The van der Waals surface area contributed by atoms with Crippen LogP contribution in [0.25, 0.3) is 0 Å². The Morgan fingerprint density at radius 1 is 1.36 bits per heavy atom. The number of ketones is 1. The fraction of sp³-hybridized carbons (Fsp3) is 0.286. The van der Waals surface area contributed by atoms with Crippen molar-refractivity contribution in [3.63, 3.8) is 0 Å². The molecule has 2 aromatic rings. The van der Waals surface area contributed by atoms with Gasteiger partial charge in [-0.3, -0.25) is 4.79 Å². The van der Waals surface area contributed by atoms with Crippen molar-refractivity contribution in [1.29, 1.82) is 0 Å². The second-order valence-electron chi connectivity index (χ2n) is 5.14. The molecule has 8 heteroatoms. The highest BCUT2D eigenvalue weighted by Crippen LogP contribution is 2.42. The van der Waals surface area contributed by atoms with Crippen molar-refractivity contribution in [2.24, 2.45) is 0 Å². The van der Waals surface area contributed by atoms with Gasteiger partial charge >= 0.3 is 10.1 Å². The summed E-state index contributed by atoms with van der Waals surface area (Å²) >= 11 is 3.23. The Bertz CT molecular complexity index is 839. The topological polar surface area (TPSA) is 86.5 Å². The fourth-order valence-electron chi connectivity index (χ4n) is 2.12. The lowest BCUT2D eigenvalue weighted by atomic mass is 10.0. The minimum atomic E-state index is -3.74. The Balaban J connectivity index is 2.03. The first-order valence-corrected chi connectivity index (χ1v) is 9.14. The predicted molar refractivity (Wildman–Crippen MR) is 81.5 cm³/mol. The van der Waals surface area contributed by atoms with E-state index in [2.05, 4.69) is 21.1 Å². The van der Waals surface area contributed by atoms with Crippen LogP contribution < -0.4 is 4.18 Å². The molecule has 0 N–H and O–H groups in total. The van der Waals surface area contributed by atoms with Crippen molar-refractivity contribution < 1.29 is 21.9 Å². The van der Waals surface area contributed by atoms with Gasteiger partial charge in [-0.25, -0.2) is 0 Å². The van der Waals surface area contributed by atoms with E-state index in [1.165, 1.54) is 18.3 Å². The van der Waals surface area contributed by atoms with Crippen LogP contribution in [0.2, 0.25) is 0 Å². The van der Waals surface area contributed by atoms with Crippen LogP contribution in [0.1, 0.15) is 40.4 Å². The molecular weight excluding hydrogens is 374 g/mol. The molecule has 22 heavy (non-hydrogen) atoms. The Morgan fingerprint density at radius 3 is 2.73 bits per heavy atom. The summed E-state index contributed by atoms with van der Waals surface area (Å²) in [6.45, 7) is 0. The lowest BCUT2D eigenvalue weighted by Crippen LogP contribution is -2.11. The van der Waals surface area contributed by atoms with E-state index in [0.29, 0.717) is 15.8 Å². The van der Waals surface area contributed by atoms with Crippen LogP contribution in [-0.2, 0) is 10.1 Å². The zero-order valence-electron chi connectivity index (χ0n) is 11.6. The molecule has 0 aliphatic heterocycles. The number of carbonyl (C=O) groups is 1. The molecular formula is C14H12BrNO5S. The molecule has 0 saturated heterocycles. The van der Waals surface area contributed by atoms with E-state index < -0.39 is 10.1 Å². The average molecular weight is 386 g/mol. The fourth-order valence-corrected chi connectivity index (χ4v) is 2.92. The number of halogens is 1. The zero-order chi connectivity index (χ0) is 15.9. The van der Waals surface area contributed by atoms with Crippen LogP contribution in [0.5, 0.6) is 5.75 Å². The normalized spacial score (nSPS) is 14.8.